The Labute approximate surface area is 307 Å². The highest BCUT2D eigenvalue weighted by molar-refractivity contribution is 7.89. The number of sulfonamides is 1. The Morgan fingerprint density at radius 2 is 1.81 bits per heavy atom. The molecule has 1 aliphatic carbocycles. The van der Waals surface area contributed by atoms with E-state index in [1.807, 2.05) is 57.2 Å². The monoisotopic (exact) mass is 732 g/mol. The number of carbonyl (C=O) groups is 2. The number of urea groups is 1. The van der Waals surface area contributed by atoms with Gasteiger partial charge in [-0.05, 0) is 71.6 Å². The van der Waals surface area contributed by atoms with Crippen LogP contribution < -0.4 is 10.0 Å². The molecule has 3 amide bonds. The van der Waals surface area contributed by atoms with Gasteiger partial charge in [0.2, 0.25) is 15.9 Å². The van der Waals surface area contributed by atoms with Gasteiger partial charge in [0.25, 0.3) is 0 Å². The van der Waals surface area contributed by atoms with Crippen LogP contribution in [-0.4, -0.2) is 78.1 Å². The number of hydrogen-bond acceptors (Lipinski definition) is 8. The number of pyridine rings is 1. The van der Waals surface area contributed by atoms with Gasteiger partial charge in [-0.15, -0.1) is 0 Å². The zero-order valence-corrected chi connectivity index (χ0v) is 31.2. The summed E-state index contributed by atoms with van der Waals surface area (Å²) in [6.07, 6.45) is 7.87. The highest BCUT2D eigenvalue weighted by Gasteiger charge is 2.41. The van der Waals surface area contributed by atoms with Crippen molar-refractivity contribution in [1.82, 2.24) is 24.8 Å². The standard InChI is InChI=1S/C39H52N6O6S/c1-4-27(2)37(45-19-18-44(39(45)48)26-33-24-40-17-16-28(33)3)38(47)43-34(22-30-10-6-5-7-11-30)35(46)25-42-52(50,51)36-15-14-31(23-41-49)21-32(36)20-29-12-8-9-13-29/h5-7,10-11,14-17,21,24,27,29,34-35,37,42,46H,4,8-9,12-13,18-20,22-23,25-26H2,1-3H3,(H,43,47)/t27-,34-,35+,37-/m0/s1. The van der Waals surface area contributed by atoms with Crippen molar-refractivity contribution in [3.63, 3.8) is 0 Å². The molecule has 280 valence electrons. The summed E-state index contributed by atoms with van der Waals surface area (Å²) in [5.74, 6) is -0.229. The van der Waals surface area contributed by atoms with E-state index >= 15 is 0 Å². The van der Waals surface area contributed by atoms with Gasteiger partial charge < -0.3 is 20.2 Å². The largest absolute Gasteiger partial charge is 0.390 e. The zero-order chi connectivity index (χ0) is 37.3. The number of nitrogens with zero attached hydrogens (tertiary/aromatic N) is 4. The summed E-state index contributed by atoms with van der Waals surface area (Å²) < 4.78 is 30.2. The Hall–Kier alpha value is -4.20. The predicted molar refractivity (Wildman–Crippen MR) is 200 cm³/mol. The topological polar surface area (TPSA) is 161 Å². The number of nitrogens with one attached hydrogen (secondary N) is 2. The maximum atomic E-state index is 14.2. The van der Waals surface area contributed by atoms with Crippen LogP contribution >= 0.6 is 0 Å². The van der Waals surface area contributed by atoms with Crippen LogP contribution in [0.3, 0.4) is 0 Å². The van der Waals surface area contributed by atoms with Crippen molar-refractivity contribution in [3.8, 4) is 0 Å². The fourth-order valence-electron chi connectivity index (χ4n) is 7.39. The molecule has 5 rings (SSSR count). The van der Waals surface area contributed by atoms with Crippen LogP contribution in [0.15, 0.2) is 77.1 Å². The van der Waals surface area contributed by atoms with Gasteiger partial charge >= 0.3 is 6.03 Å². The fraction of sp³-hybridized carbons (Fsp3) is 0.513. The number of aryl methyl sites for hydroxylation is 1. The molecule has 1 saturated carbocycles. The van der Waals surface area contributed by atoms with Gasteiger partial charge in [-0.2, -0.15) is 4.91 Å². The van der Waals surface area contributed by atoms with Crippen molar-refractivity contribution in [2.45, 2.75) is 102 Å². The highest BCUT2D eigenvalue weighted by Crippen LogP contribution is 2.31. The van der Waals surface area contributed by atoms with Crippen molar-refractivity contribution in [2.75, 3.05) is 19.6 Å². The molecule has 2 heterocycles. The maximum Gasteiger partial charge on any atom is 0.321 e. The second kappa shape index (κ2) is 18.0. The number of carbonyl (C=O) groups excluding carboxylic acids is 2. The highest BCUT2D eigenvalue weighted by atomic mass is 32.2. The minimum absolute atomic E-state index is 0.0477. The van der Waals surface area contributed by atoms with Gasteiger partial charge in [0.05, 0.1) is 17.0 Å². The molecule has 1 aromatic heterocycles. The molecular weight excluding hydrogens is 681 g/mol. The molecule has 1 aliphatic heterocycles. The third-order valence-corrected chi connectivity index (χ3v) is 12.2. The van der Waals surface area contributed by atoms with Gasteiger partial charge in [-0.25, -0.2) is 17.9 Å². The first-order valence-corrected chi connectivity index (χ1v) is 19.9. The van der Waals surface area contributed by atoms with Crippen molar-refractivity contribution in [3.05, 3.63) is 99.7 Å². The molecule has 4 atom stereocenters. The van der Waals surface area contributed by atoms with E-state index in [-0.39, 0.29) is 36.4 Å². The number of amides is 3. The van der Waals surface area contributed by atoms with E-state index in [9.17, 15) is 28.0 Å². The normalized spacial score (nSPS) is 17.6. The number of nitroso groups, excluding NO2 is 1. The van der Waals surface area contributed by atoms with Gasteiger partial charge in [0.15, 0.2) is 0 Å². The number of aromatic nitrogens is 1. The van der Waals surface area contributed by atoms with E-state index in [1.54, 1.807) is 34.3 Å². The summed E-state index contributed by atoms with van der Waals surface area (Å²) in [7, 11) is -4.08. The molecule has 1 saturated heterocycles. The molecule has 3 N–H and O–H groups in total. The van der Waals surface area contributed by atoms with Crippen LogP contribution in [0.25, 0.3) is 0 Å². The second-order valence-electron chi connectivity index (χ2n) is 14.3. The molecule has 13 heteroatoms. The molecule has 0 radical (unpaired) electrons. The van der Waals surface area contributed by atoms with E-state index in [2.05, 4.69) is 20.2 Å². The molecule has 2 fully saturated rings. The number of aliphatic hydroxyl groups excluding tert-OH is 1. The lowest BCUT2D eigenvalue weighted by Gasteiger charge is -2.34. The molecule has 52 heavy (non-hydrogen) atoms. The SMILES string of the molecule is CC[C@H](C)[C@@H](C(=O)N[C@@H](Cc1ccccc1)[C@H](O)CNS(=O)(=O)c1ccc(CN=O)cc1CC1CCCC1)N1CCN(Cc2cnccc2C)C1=O. The summed E-state index contributed by atoms with van der Waals surface area (Å²) in [6, 6.07) is 14.2. The number of aliphatic hydroxyl groups is 1. The predicted octanol–water partition coefficient (Wildman–Crippen LogP) is 5.11. The Morgan fingerprint density at radius 3 is 2.50 bits per heavy atom. The second-order valence-corrected chi connectivity index (χ2v) is 16.1. The Balaban J connectivity index is 1.33. The quantitative estimate of drug-likeness (QED) is 0.153. The molecule has 0 bridgehead atoms. The van der Waals surface area contributed by atoms with Crippen LogP contribution in [0.4, 0.5) is 4.79 Å². The molecule has 12 nitrogen and oxygen atoms in total. The van der Waals surface area contributed by atoms with E-state index in [4.69, 9.17) is 0 Å². The minimum Gasteiger partial charge on any atom is -0.390 e. The first kappa shape index (κ1) is 39.0. The third-order valence-electron chi connectivity index (χ3n) is 10.6. The first-order valence-electron chi connectivity index (χ1n) is 18.4. The van der Waals surface area contributed by atoms with Crippen LogP contribution in [-0.2, 0) is 40.7 Å². The summed E-state index contributed by atoms with van der Waals surface area (Å²) >= 11 is 0. The number of benzene rings is 2. The molecule has 0 spiro atoms. The lowest BCUT2D eigenvalue weighted by molar-refractivity contribution is -0.128. The van der Waals surface area contributed by atoms with Gasteiger partial charge in [-0.1, -0.05) is 93.6 Å². The lowest BCUT2D eigenvalue weighted by atomic mass is 9.95. The summed E-state index contributed by atoms with van der Waals surface area (Å²) in [5, 5.41) is 17.6. The van der Waals surface area contributed by atoms with E-state index in [1.165, 1.54) is 6.07 Å². The summed E-state index contributed by atoms with van der Waals surface area (Å²) in [4.78, 5) is 46.6. The number of rotatable bonds is 18. The van der Waals surface area contributed by atoms with Crippen molar-refractivity contribution in [2.24, 2.45) is 17.0 Å². The molecular formula is C39H52N6O6S. The third kappa shape index (κ3) is 9.81. The Bertz CT molecular complexity index is 1780. The Kier molecular flexibility index (Phi) is 13.5. The lowest BCUT2D eigenvalue weighted by Crippen LogP contribution is -2.57. The van der Waals surface area contributed by atoms with Crippen LogP contribution in [0, 0.1) is 23.7 Å². The molecule has 2 aliphatic rings. The van der Waals surface area contributed by atoms with E-state index in [0.717, 1.165) is 42.4 Å². The van der Waals surface area contributed by atoms with Crippen molar-refractivity contribution < 1.29 is 23.1 Å². The van der Waals surface area contributed by atoms with Gasteiger partial charge in [-0.3, -0.25) is 9.78 Å². The average molecular weight is 733 g/mol. The molecule has 2 aromatic carbocycles. The molecule has 0 unspecified atom stereocenters. The van der Waals surface area contributed by atoms with Crippen molar-refractivity contribution >= 4 is 22.0 Å². The summed E-state index contributed by atoms with van der Waals surface area (Å²) in [6.45, 7) is 6.69. The summed E-state index contributed by atoms with van der Waals surface area (Å²) in [5.41, 5.74) is 4.10. The smallest absolute Gasteiger partial charge is 0.321 e. The van der Waals surface area contributed by atoms with Crippen LogP contribution in [0.5, 0.6) is 0 Å². The first-order chi connectivity index (χ1) is 25.0. The fourth-order valence-corrected chi connectivity index (χ4v) is 8.67. The van der Waals surface area contributed by atoms with Gasteiger partial charge in [0.1, 0.15) is 12.6 Å². The Morgan fingerprint density at radius 1 is 1.06 bits per heavy atom. The minimum atomic E-state index is -4.08. The number of hydrogen-bond donors (Lipinski definition) is 3. The van der Waals surface area contributed by atoms with Crippen LogP contribution in [0.1, 0.15) is 73.8 Å². The van der Waals surface area contributed by atoms with E-state index < -0.39 is 34.1 Å². The van der Waals surface area contributed by atoms with E-state index in [0.29, 0.717) is 49.5 Å². The van der Waals surface area contributed by atoms with Crippen LogP contribution in [0.2, 0.25) is 0 Å². The average Bonchev–Trinajstić information content (AvgIpc) is 3.78. The van der Waals surface area contributed by atoms with Crippen molar-refractivity contribution in [1.29, 1.82) is 0 Å². The maximum absolute atomic E-state index is 14.2. The van der Waals surface area contributed by atoms with Gasteiger partial charge in [0, 0.05) is 38.6 Å². The molecule has 3 aromatic rings. The zero-order valence-electron chi connectivity index (χ0n) is 30.4.